The summed E-state index contributed by atoms with van der Waals surface area (Å²) in [6.07, 6.45) is -0.433. The van der Waals surface area contributed by atoms with Crippen molar-refractivity contribution in [3.8, 4) is 0 Å². The molecule has 1 unspecified atom stereocenters. The first-order valence-electron chi connectivity index (χ1n) is 3.54. The van der Waals surface area contributed by atoms with Crippen LogP contribution < -0.4 is 0 Å². The number of carbonyl (C=O) groups is 3. The van der Waals surface area contributed by atoms with Gasteiger partial charge in [-0.2, -0.15) is 0 Å². The molecule has 0 aliphatic heterocycles. The Kier molecular flexibility index (Phi) is 3.27. The summed E-state index contributed by atoms with van der Waals surface area (Å²) < 4.78 is 0. The van der Waals surface area contributed by atoms with Crippen molar-refractivity contribution in [2.24, 2.45) is 0 Å². The Hall–Kier alpha value is -1.03. The quantitative estimate of drug-likeness (QED) is 0.600. The highest BCUT2D eigenvalue weighted by Gasteiger charge is 2.30. The summed E-state index contributed by atoms with van der Waals surface area (Å²) in [5.41, 5.74) is -1.71. The Labute approximate surface area is 70.6 Å². The van der Waals surface area contributed by atoms with Gasteiger partial charge in [-0.05, 0) is 13.8 Å². The molecular formula is C8H12O4. The van der Waals surface area contributed by atoms with E-state index in [1.807, 2.05) is 0 Å². The zero-order valence-electron chi connectivity index (χ0n) is 7.38. The molecule has 0 bridgehead atoms. The number of Topliss-reactive ketones (excluding diaryl/α,β-unsaturated/α-hetero) is 3. The molecule has 0 aliphatic carbocycles. The predicted octanol–water partition coefficient (Wildman–Crippen LogP) is -0.125. The van der Waals surface area contributed by atoms with E-state index in [0.29, 0.717) is 0 Å². The second-order valence-corrected chi connectivity index (χ2v) is 2.99. The van der Waals surface area contributed by atoms with Crippen LogP contribution >= 0.6 is 0 Å². The Balaban J connectivity index is 4.35. The minimum absolute atomic E-state index is 0.433. The van der Waals surface area contributed by atoms with E-state index in [-0.39, 0.29) is 0 Å². The van der Waals surface area contributed by atoms with Crippen molar-refractivity contribution in [1.82, 2.24) is 0 Å². The van der Waals surface area contributed by atoms with Crippen molar-refractivity contribution < 1.29 is 19.5 Å². The summed E-state index contributed by atoms with van der Waals surface area (Å²) >= 11 is 0. The van der Waals surface area contributed by atoms with Gasteiger partial charge in [-0.1, -0.05) is 0 Å². The van der Waals surface area contributed by atoms with Gasteiger partial charge in [0.2, 0.25) is 5.78 Å². The highest BCUT2D eigenvalue weighted by Crippen LogP contribution is 2.10. The lowest BCUT2D eigenvalue weighted by Crippen LogP contribution is -2.37. The largest absolute Gasteiger partial charge is 0.382 e. The van der Waals surface area contributed by atoms with Gasteiger partial charge < -0.3 is 5.11 Å². The third-order valence-electron chi connectivity index (χ3n) is 1.66. The molecule has 0 aromatic heterocycles. The normalized spacial score (nSPS) is 15.0. The first kappa shape index (κ1) is 11.0. The molecule has 4 nitrogen and oxygen atoms in total. The maximum Gasteiger partial charge on any atom is 0.201 e. The SMILES string of the molecule is CC(=O)C(=O)CC(C)(O)C(C)=O. The van der Waals surface area contributed by atoms with E-state index in [0.717, 1.165) is 6.92 Å². The first-order valence-corrected chi connectivity index (χ1v) is 3.54. The van der Waals surface area contributed by atoms with Crippen LogP contribution in [0.25, 0.3) is 0 Å². The lowest BCUT2D eigenvalue weighted by Gasteiger charge is -2.17. The highest BCUT2D eigenvalue weighted by atomic mass is 16.3. The topological polar surface area (TPSA) is 71.4 Å². The van der Waals surface area contributed by atoms with Crippen LogP contribution in [0.1, 0.15) is 27.2 Å². The zero-order chi connectivity index (χ0) is 9.94. The molecule has 12 heavy (non-hydrogen) atoms. The van der Waals surface area contributed by atoms with Crippen LogP contribution in [-0.2, 0) is 14.4 Å². The maximum atomic E-state index is 10.8. The van der Waals surface area contributed by atoms with Crippen LogP contribution in [0.3, 0.4) is 0 Å². The molecule has 0 saturated carbocycles. The number of rotatable bonds is 4. The molecule has 0 radical (unpaired) electrons. The molecule has 0 aromatic carbocycles. The Morgan fingerprint density at radius 1 is 1.25 bits per heavy atom. The molecule has 0 saturated heterocycles. The summed E-state index contributed by atoms with van der Waals surface area (Å²) in [6, 6.07) is 0. The van der Waals surface area contributed by atoms with Crippen molar-refractivity contribution in [2.75, 3.05) is 0 Å². The average molecular weight is 172 g/mol. The summed E-state index contributed by atoms with van der Waals surface area (Å²) in [6.45, 7) is 3.50. The fraction of sp³-hybridized carbons (Fsp3) is 0.625. The van der Waals surface area contributed by atoms with E-state index < -0.39 is 29.4 Å². The maximum absolute atomic E-state index is 10.8. The van der Waals surface area contributed by atoms with Gasteiger partial charge in [0.1, 0.15) is 5.60 Å². The van der Waals surface area contributed by atoms with Gasteiger partial charge >= 0.3 is 0 Å². The van der Waals surface area contributed by atoms with Crippen LogP contribution in [0.2, 0.25) is 0 Å². The minimum atomic E-state index is -1.71. The third-order valence-corrected chi connectivity index (χ3v) is 1.66. The van der Waals surface area contributed by atoms with E-state index in [4.69, 9.17) is 0 Å². The molecule has 0 heterocycles. The lowest BCUT2D eigenvalue weighted by molar-refractivity contribution is -0.143. The molecule has 4 heteroatoms. The van der Waals surface area contributed by atoms with Crippen LogP contribution in [0.5, 0.6) is 0 Å². The summed E-state index contributed by atoms with van der Waals surface area (Å²) in [5.74, 6) is -1.89. The highest BCUT2D eigenvalue weighted by molar-refractivity contribution is 6.36. The van der Waals surface area contributed by atoms with Gasteiger partial charge in [0, 0.05) is 13.3 Å². The molecule has 0 amide bonds. The van der Waals surface area contributed by atoms with Crippen molar-refractivity contribution in [2.45, 2.75) is 32.8 Å². The van der Waals surface area contributed by atoms with Gasteiger partial charge in [0.25, 0.3) is 0 Å². The van der Waals surface area contributed by atoms with Crippen LogP contribution in [-0.4, -0.2) is 28.1 Å². The second-order valence-electron chi connectivity index (χ2n) is 2.99. The third kappa shape index (κ3) is 2.92. The van der Waals surface area contributed by atoms with Crippen LogP contribution in [0.4, 0.5) is 0 Å². The second kappa shape index (κ2) is 3.58. The van der Waals surface area contributed by atoms with Crippen molar-refractivity contribution in [3.05, 3.63) is 0 Å². The van der Waals surface area contributed by atoms with Gasteiger partial charge in [-0.25, -0.2) is 0 Å². The molecule has 0 aliphatic rings. The van der Waals surface area contributed by atoms with Crippen molar-refractivity contribution >= 4 is 17.3 Å². The van der Waals surface area contributed by atoms with Crippen LogP contribution in [0.15, 0.2) is 0 Å². The average Bonchev–Trinajstić information content (AvgIpc) is 1.85. The number of ketones is 3. The van der Waals surface area contributed by atoms with E-state index in [2.05, 4.69) is 0 Å². The van der Waals surface area contributed by atoms with Gasteiger partial charge in [-0.3, -0.25) is 14.4 Å². The van der Waals surface area contributed by atoms with E-state index in [1.165, 1.54) is 13.8 Å². The fourth-order valence-electron chi connectivity index (χ4n) is 0.562. The predicted molar refractivity (Wildman–Crippen MR) is 41.6 cm³/mol. The Morgan fingerprint density at radius 2 is 1.67 bits per heavy atom. The number of hydrogen-bond acceptors (Lipinski definition) is 4. The van der Waals surface area contributed by atoms with Crippen LogP contribution in [0, 0.1) is 0 Å². The molecule has 0 fully saturated rings. The monoisotopic (exact) mass is 172 g/mol. The number of carbonyl (C=O) groups excluding carboxylic acids is 3. The molecule has 0 rings (SSSR count). The first-order chi connectivity index (χ1) is 5.27. The fourth-order valence-corrected chi connectivity index (χ4v) is 0.562. The van der Waals surface area contributed by atoms with Crippen molar-refractivity contribution in [3.63, 3.8) is 0 Å². The molecule has 1 N–H and O–H groups in total. The summed E-state index contributed by atoms with van der Waals surface area (Å²) in [4.78, 5) is 32.0. The smallest absolute Gasteiger partial charge is 0.201 e. The Bertz CT molecular complexity index is 227. The lowest BCUT2D eigenvalue weighted by atomic mass is 9.94. The van der Waals surface area contributed by atoms with Gasteiger partial charge in [0.15, 0.2) is 11.6 Å². The Morgan fingerprint density at radius 3 is 1.92 bits per heavy atom. The van der Waals surface area contributed by atoms with Gasteiger partial charge in [0.05, 0.1) is 0 Å². The summed E-state index contributed by atoms with van der Waals surface area (Å²) in [5, 5.41) is 9.29. The van der Waals surface area contributed by atoms with Crippen molar-refractivity contribution in [1.29, 1.82) is 0 Å². The molecule has 0 spiro atoms. The molecule has 0 aromatic rings. The van der Waals surface area contributed by atoms with E-state index in [9.17, 15) is 19.5 Å². The molecular weight excluding hydrogens is 160 g/mol. The minimum Gasteiger partial charge on any atom is -0.382 e. The number of aliphatic hydroxyl groups is 1. The van der Waals surface area contributed by atoms with Gasteiger partial charge in [-0.15, -0.1) is 0 Å². The molecule has 68 valence electrons. The van der Waals surface area contributed by atoms with E-state index >= 15 is 0 Å². The summed E-state index contributed by atoms with van der Waals surface area (Å²) in [7, 11) is 0. The zero-order valence-corrected chi connectivity index (χ0v) is 7.38. The van der Waals surface area contributed by atoms with E-state index in [1.54, 1.807) is 0 Å². The standard InChI is InChI=1S/C8H12O4/c1-5(9)7(11)4-8(3,12)6(2)10/h12H,4H2,1-3H3. The molecule has 1 atom stereocenters. The number of hydrogen-bond donors (Lipinski definition) is 1.